The van der Waals surface area contributed by atoms with Gasteiger partial charge in [0.05, 0.1) is 24.1 Å². The number of aliphatic imine (C=N–C) groups is 1. The van der Waals surface area contributed by atoms with E-state index >= 15 is 0 Å². The molecule has 0 bridgehead atoms. The smallest absolute Gasteiger partial charge is 0.343 e. The number of guanidine groups is 1. The number of rotatable bonds is 9. The molecule has 0 spiro atoms. The highest BCUT2D eigenvalue weighted by molar-refractivity contribution is 5.92. The van der Waals surface area contributed by atoms with Crippen LogP contribution in [0.5, 0.6) is 5.75 Å². The van der Waals surface area contributed by atoms with E-state index in [0.717, 1.165) is 0 Å². The molecular formula is C20H20N4O7. The summed E-state index contributed by atoms with van der Waals surface area (Å²) in [6.07, 6.45) is -0.983. The van der Waals surface area contributed by atoms with Crippen LogP contribution in [0.2, 0.25) is 0 Å². The first kappa shape index (κ1) is 22.9. The Morgan fingerprint density at radius 1 is 1.03 bits per heavy atom. The van der Waals surface area contributed by atoms with Crippen LogP contribution in [-0.2, 0) is 20.8 Å². The van der Waals surface area contributed by atoms with Crippen molar-refractivity contribution in [3.8, 4) is 5.75 Å². The molecule has 2 rings (SSSR count). The fraction of sp³-hybridized carbons (Fsp3) is 0.150. The Bertz CT molecular complexity index is 1010. The Kier molecular flexibility index (Phi) is 7.67. The number of nitrogens with one attached hydrogen (secondary N) is 1. The van der Waals surface area contributed by atoms with Crippen molar-refractivity contribution in [2.24, 2.45) is 16.5 Å². The largest absolute Gasteiger partial charge is 0.481 e. The fourth-order valence-corrected chi connectivity index (χ4v) is 2.51. The molecule has 11 heteroatoms. The average molecular weight is 428 g/mol. The minimum Gasteiger partial charge on any atom is -0.481 e. The minimum atomic E-state index is -1.55. The molecule has 0 aliphatic heterocycles. The summed E-state index contributed by atoms with van der Waals surface area (Å²) >= 11 is 0. The number of hydrogen-bond donors (Lipinski definition) is 5. The van der Waals surface area contributed by atoms with Crippen molar-refractivity contribution in [2.75, 3.05) is 0 Å². The number of carboxylic acid groups (broad SMARTS) is 2. The van der Waals surface area contributed by atoms with Gasteiger partial charge in [-0.15, -0.1) is 0 Å². The van der Waals surface area contributed by atoms with Gasteiger partial charge in [-0.2, -0.15) is 0 Å². The van der Waals surface area contributed by atoms with E-state index in [0.29, 0.717) is 11.3 Å². The lowest BCUT2D eigenvalue weighted by molar-refractivity contribution is -0.147. The first-order valence-electron chi connectivity index (χ1n) is 8.89. The number of carbonyl (C=O) groups excluding carboxylic acids is 2. The molecule has 0 saturated carbocycles. The highest BCUT2D eigenvalue weighted by Crippen LogP contribution is 2.18. The molecule has 0 heterocycles. The van der Waals surface area contributed by atoms with E-state index < -0.39 is 36.3 Å². The molecule has 0 aliphatic rings. The van der Waals surface area contributed by atoms with Crippen LogP contribution >= 0.6 is 0 Å². The molecule has 0 fully saturated rings. The van der Waals surface area contributed by atoms with Gasteiger partial charge in [-0.1, -0.05) is 12.1 Å². The summed E-state index contributed by atoms with van der Waals surface area (Å²) in [5.74, 6) is -4.09. The molecule has 0 aromatic heterocycles. The lowest BCUT2D eigenvalue weighted by atomic mass is 10.1. The SMILES string of the molecule is NC(N)=Nc1ccc(C(=O)Oc2cccc(CC(=O)N[C@@H](CC(=O)O)C(=O)O)c2)cc1. The van der Waals surface area contributed by atoms with Gasteiger partial charge < -0.3 is 31.7 Å². The van der Waals surface area contributed by atoms with Crippen molar-refractivity contribution >= 4 is 35.5 Å². The number of carboxylic acids is 2. The van der Waals surface area contributed by atoms with Gasteiger partial charge in [-0.3, -0.25) is 9.59 Å². The Balaban J connectivity index is 2.02. The molecule has 0 aliphatic carbocycles. The van der Waals surface area contributed by atoms with Crippen LogP contribution in [0.3, 0.4) is 0 Å². The summed E-state index contributed by atoms with van der Waals surface area (Å²) in [6, 6.07) is 10.6. The van der Waals surface area contributed by atoms with Gasteiger partial charge in [-0.25, -0.2) is 14.6 Å². The normalized spacial score (nSPS) is 11.1. The molecule has 0 unspecified atom stereocenters. The number of carbonyl (C=O) groups is 4. The Morgan fingerprint density at radius 2 is 1.71 bits per heavy atom. The van der Waals surface area contributed by atoms with Gasteiger partial charge in [0.15, 0.2) is 5.96 Å². The second kappa shape index (κ2) is 10.4. The molecule has 31 heavy (non-hydrogen) atoms. The predicted molar refractivity (Wildman–Crippen MR) is 109 cm³/mol. The summed E-state index contributed by atoms with van der Waals surface area (Å²) < 4.78 is 5.29. The number of hydrogen-bond acceptors (Lipinski definition) is 6. The molecule has 2 aromatic carbocycles. The minimum absolute atomic E-state index is 0.117. The Morgan fingerprint density at radius 3 is 2.29 bits per heavy atom. The molecule has 7 N–H and O–H groups in total. The summed E-state index contributed by atoms with van der Waals surface area (Å²) in [7, 11) is 0. The number of nitrogens with two attached hydrogens (primary N) is 2. The maximum Gasteiger partial charge on any atom is 0.343 e. The Labute approximate surface area is 176 Å². The van der Waals surface area contributed by atoms with Crippen molar-refractivity contribution in [2.45, 2.75) is 18.9 Å². The van der Waals surface area contributed by atoms with Gasteiger partial charge in [0.25, 0.3) is 0 Å². The lowest BCUT2D eigenvalue weighted by Gasteiger charge is -2.12. The monoisotopic (exact) mass is 428 g/mol. The molecule has 162 valence electrons. The highest BCUT2D eigenvalue weighted by atomic mass is 16.5. The zero-order valence-corrected chi connectivity index (χ0v) is 16.1. The molecule has 0 radical (unpaired) electrons. The summed E-state index contributed by atoms with van der Waals surface area (Å²) in [5.41, 5.74) is 11.7. The molecular weight excluding hydrogens is 408 g/mol. The maximum atomic E-state index is 12.3. The standard InChI is InChI=1S/C20H20N4O7/c21-20(22)23-13-6-4-12(5-7-13)19(30)31-14-3-1-2-11(8-14)9-16(25)24-15(18(28)29)10-17(26)27/h1-8,15H,9-10H2,(H,24,25)(H,26,27)(H,28,29)(H4,21,22,23)/t15-/m0/s1. The van der Waals surface area contributed by atoms with Crippen molar-refractivity contribution in [1.82, 2.24) is 5.32 Å². The lowest BCUT2D eigenvalue weighted by Crippen LogP contribution is -2.42. The topological polar surface area (TPSA) is 194 Å². The number of benzene rings is 2. The third-order valence-electron chi connectivity index (χ3n) is 3.85. The molecule has 0 saturated heterocycles. The summed E-state index contributed by atoms with van der Waals surface area (Å²) in [6.45, 7) is 0. The number of ether oxygens (including phenoxy) is 1. The first-order valence-corrected chi connectivity index (χ1v) is 8.89. The van der Waals surface area contributed by atoms with Crippen LogP contribution in [-0.4, -0.2) is 46.0 Å². The molecule has 1 atom stereocenters. The van der Waals surface area contributed by atoms with E-state index in [-0.39, 0.29) is 23.7 Å². The second-order valence-corrected chi connectivity index (χ2v) is 6.35. The average Bonchev–Trinajstić information content (AvgIpc) is 2.67. The van der Waals surface area contributed by atoms with E-state index in [1.54, 1.807) is 12.1 Å². The first-order chi connectivity index (χ1) is 14.6. The number of aliphatic carboxylic acids is 2. The maximum absolute atomic E-state index is 12.3. The van der Waals surface area contributed by atoms with Crippen molar-refractivity contribution < 1.29 is 34.1 Å². The van der Waals surface area contributed by atoms with Crippen molar-refractivity contribution in [1.29, 1.82) is 0 Å². The van der Waals surface area contributed by atoms with Crippen molar-refractivity contribution in [3.63, 3.8) is 0 Å². The molecule has 1 amide bonds. The van der Waals surface area contributed by atoms with E-state index in [9.17, 15) is 19.2 Å². The van der Waals surface area contributed by atoms with E-state index in [2.05, 4.69) is 10.3 Å². The molecule has 2 aromatic rings. The van der Waals surface area contributed by atoms with Gasteiger partial charge in [0.2, 0.25) is 5.91 Å². The highest BCUT2D eigenvalue weighted by Gasteiger charge is 2.23. The van der Waals surface area contributed by atoms with Crippen LogP contribution in [0, 0.1) is 0 Å². The van der Waals surface area contributed by atoms with Gasteiger partial charge in [0, 0.05) is 0 Å². The summed E-state index contributed by atoms with van der Waals surface area (Å²) in [4.78, 5) is 50.0. The van der Waals surface area contributed by atoms with Crippen molar-refractivity contribution in [3.05, 3.63) is 59.7 Å². The van der Waals surface area contributed by atoms with Gasteiger partial charge in [0.1, 0.15) is 11.8 Å². The Hall–Kier alpha value is -4.41. The molecule has 11 nitrogen and oxygen atoms in total. The van der Waals surface area contributed by atoms with Crippen LogP contribution < -0.4 is 21.5 Å². The fourth-order valence-electron chi connectivity index (χ4n) is 2.51. The quantitative estimate of drug-likeness (QED) is 0.162. The van der Waals surface area contributed by atoms with Gasteiger partial charge >= 0.3 is 17.9 Å². The van der Waals surface area contributed by atoms with Crippen LogP contribution in [0.4, 0.5) is 5.69 Å². The zero-order chi connectivity index (χ0) is 23.0. The van der Waals surface area contributed by atoms with Crippen LogP contribution in [0.25, 0.3) is 0 Å². The third-order valence-corrected chi connectivity index (χ3v) is 3.85. The van der Waals surface area contributed by atoms with E-state index in [1.165, 1.54) is 36.4 Å². The van der Waals surface area contributed by atoms with E-state index in [4.69, 9.17) is 26.4 Å². The van der Waals surface area contributed by atoms with Crippen LogP contribution in [0.1, 0.15) is 22.3 Å². The predicted octanol–water partition coefficient (Wildman–Crippen LogP) is 0.397. The summed E-state index contributed by atoms with van der Waals surface area (Å²) in [5, 5.41) is 19.9. The second-order valence-electron chi connectivity index (χ2n) is 6.35. The number of nitrogens with zero attached hydrogens (tertiary/aromatic N) is 1. The third kappa shape index (κ3) is 7.49. The number of amides is 1. The zero-order valence-electron chi connectivity index (χ0n) is 16.1. The van der Waals surface area contributed by atoms with Crippen LogP contribution in [0.15, 0.2) is 53.5 Å². The van der Waals surface area contributed by atoms with E-state index in [1.807, 2.05) is 0 Å². The van der Waals surface area contributed by atoms with Gasteiger partial charge in [-0.05, 0) is 42.0 Å². The number of esters is 1.